The Bertz CT molecular complexity index is 473. The number of fused-ring (bicyclic) bond motifs is 1. The van der Waals surface area contributed by atoms with E-state index in [0.717, 1.165) is 17.7 Å². The number of carbonyl (C=O) groups excluding carboxylic acids is 2. The van der Waals surface area contributed by atoms with E-state index in [4.69, 9.17) is 11.6 Å². The van der Waals surface area contributed by atoms with Crippen LogP contribution in [0, 0.1) is 0 Å². The fraction of sp³-hybridized carbons (Fsp3) is 0.333. The van der Waals surface area contributed by atoms with Crippen LogP contribution in [0.1, 0.15) is 15.9 Å². The Morgan fingerprint density at radius 2 is 2.24 bits per heavy atom. The van der Waals surface area contributed by atoms with Crippen molar-refractivity contribution >= 4 is 29.2 Å². The molecule has 0 fully saturated rings. The summed E-state index contributed by atoms with van der Waals surface area (Å²) >= 11 is 5.54. The van der Waals surface area contributed by atoms with Gasteiger partial charge >= 0.3 is 5.97 Å². The van der Waals surface area contributed by atoms with E-state index in [9.17, 15) is 9.59 Å². The van der Waals surface area contributed by atoms with E-state index >= 15 is 0 Å². The van der Waals surface area contributed by atoms with Crippen LogP contribution >= 0.6 is 11.6 Å². The number of esters is 1. The van der Waals surface area contributed by atoms with Gasteiger partial charge in [0.2, 0.25) is 5.91 Å². The van der Waals surface area contributed by atoms with Crippen LogP contribution in [0.15, 0.2) is 18.2 Å². The first-order chi connectivity index (χ1) is 8.17. The summed E-state index contributed by atoms with van der Waals surface area (Å²) in [6.07, 6.45) is 0.739. The number of ether oxygens (including phenoxy) is 1. The maximum absolute atomic E-state index is 11.6. The second kappa shape index (κ2) is 4.75. The minimum absolute atomic E-state index is 0.0296. The molecule has 17 heavy (non-hydrogen) atoms. The number of hydrogen-bond acceptors (Lipinski definition) is 3. The molecule has 1 amide bonds. The standard InChI is InChI=1S/C12H12ClNO3/c1-17-12(16)9-2-3-10-8(6-9)4-5-14(10)11(15)7-13/h2-3,6H,4-5,7H2,1H3. The Labute approximate surface area is 104 Å². The van der Waals surface area contributed by atoms with Crippen molar-refractivity contribution in [3.8, 4) is 0 Å². The van der Waals surface area contributed by atoms with Crippen LogP contribution < -0.4 is 4.90 Å². The molecule has 90 valence electrons. The number of benzene rings is 1. The highest BCUT2D eigenvalue weighted by molar-refractivity contribution is 6.29. The van der Waals surface area contributed by atoms with Gasteiger partial charge in [-0.2, -0.15) is 0 Å². The largest absolute Gasteiger partial charge is 0.465 e. The number of amides is 1. The lowest BCUT2D eigenvalue weighted by molar-refractivity contribution is -0.116. The van der Waals surface area contributed by atoms with E-state index in [1.807, 2.05) is 0 Å². The smallest absolute Gasteiger partial charge is 0.337 e. The molecule has 0 saturated carbocycles. The van der Waals surface area contributed by atoms with Gasteiger partial charge in [0.15, 0.2) is 0 Å². The van der Waals surface area contributed by atoms with Gasteiger partial charge in [-0.15, -0.1) is 11.6 Å². The molecule has 0 N–H and O–H groups in total. The highest BCUT2D eigenvalue weighted by Crippen LogP contribution is 2.29. The average Bonchev–Trinajstić information content (AvgIpc) is 2.79. The second-order valence-corrected chi connectivity index (χ2v) is 4.03. The predicted octanol–water partition coefficient (Wildman–Crippen LogP) is 1.60. The van der Waals surface area contributed by atoms with E-state index in [-0.39, 0.29) is 17.8 Å². The molecule has 0 unspecified atom stereocenters. The van der Waals surface area contributed by atoms with Gasteiger partial charge < -0.3 is 9.64 Å². The number of anilines is 1. The molecule has 1 aliphatic rings. The van der Waals surface area contributed by atoms with Crippen molar-refractivity contribution in [3.63, 3.8) is 0 Å². The molecule has 2 rings (SSSR count). The van der Waals surface area contributed by atoms with Crippen LogP contribution in [0.5, 0.6) is 0 Å². The second-order valence-electron chi connectivity index (χ2n) is 3.76. The van der Waals surface area contributed by atoms with Crippen molar-refractivity contribution in [2.75, 3.05) is 24.4 Å². The number of nitrogens with zero attached hydrogens (tertiary/aromatic N) is 1. The van der Waals surface area contributed by atoms with Gasteiger partial charge in [0.05, 0.1) is 12.7 Å². The summed E-state index contributed by atoms with van der Waals surface area (Å²) in [5.41, 5.74) is 2.32. The molecule has 0 radical (unpaired) electrons. The number of methoxy groups -OCH3 is 1. The van der Waals surface area contributed by atoms with Crippen molar-refractivity contribution < 1.29 is 14.3 Å². The molecule has 4 nitrogen and oxygen atoms in total. The SMILES string of the molecule is COC(=O)c1ccc2c(c1)CCN2C(=O)CCl. The van der Waals surface area contributed by atoms with Crippen LogP contribution in [0.2, 0.25) is 0 Å². The first-order valence-corrected chi connectivity index (χ1v) is 5.78. The Hall–Kier alpha value is -1.55. The molecule has 0 aliphatic carbocycles. The maximum atomic E-state index is 11.6. The molecule has 1 heterocycles. The summed E-state index contributed by atoms with van der Waals surface area (Å²) in [4.78, 5) is 24.6. The predicted molar refractivity (Wildman–Crippen MR) is 64.6 cm³/mol. The Balaban J connectivity index is 2.32. The van der Waals surface area contributed by atoms with Crippen LogP contribution in [0.4, 0.5) is 5.69 Å². The fourth-order valence-electron chi connectivity index (χ4n) is 1.98. The topological polar surface area (TPSA) is 46.6 Å². The molecule has 0 saturated heterocycles. The zero-order valence-electron chi connectivity index (χ0n) is 9.40. The van der Waals surface area contributed by atoms with Gasteiger partial charge in [0, 0.05) is 12.2 Å². The molecule has 1 aromatic carbocycles. The normalized spacial score (nSPS) is 13.4. The molecular weight excluding hydrogens is 242 g/mol. The number of alkyl halides is 1. The van der Waals surface area contributed by atoms with Crippen LogP contribution in [0.3, 0.4) is 0 Å². The fourth-order valence-corrected chi connectivity index (χ4v) is 2.12. The summed E-state index contributed by atoms with van der Waals surface area (Å²) in [5, 5.41) is 0. The van der Waals surface area contributed by atoms with Gasteiger partial charge in [-0.25, -0.2) is 4.79 Å². The summed E-state index contributed by atoms with van der Waals surface area (Å²) in [6.45, 7) is 0.617. The highest BCUT2D eigenvalue weighted by Gasteiger charge is 2.24. The molecule has 5 heteroatoms. The average molecular weight is 254 g/mol. The third kappa shape index (κ3) is 2.13. The lowest BCUT2D eigenvalue weighted by Gasteiger charge is -2.15. The van der Waals surface area contributed by atoms with Crippen molar-refractivity contribution in [2.45, 2.75) is 6.42 Å². The monoisotopic (exact) mass is 253 g/mol. The van der Waals surface area contributed by atoms with E-state index in [1.165, 1.54) is 7.11 Å². The first-order valence-electron chi connectivity index (χ1n) is 5.25. The Morgan fingerprint density at radius 1 is 1.47 bits per heavy atom. The maximum Gasteiger partial charge on any atom is 0.337 e. The Morgan fingerprint density at radius 3 is 2.88 bits per heavy atom. The van der Waals surface area contributed by atoms with Crippen molar-refractivity contribution in [3.05, 3.63) is 29.3 Å². The summed E-state index contributed by atoms with van der Waals surface area (Å²) in [6, 6.07) is 5.19. The molecule has 0 atom stereocenters. The molecule has 0 bridgehead atoms. The lowest BCUT2D eigenvalue weighted by atomic mass is 10.1. The number of carbonyl (C=O) groups is 2. The summed E-state index contributed by atoms with van der Waals surface area (Å²) < 4.78 is 4.65. The number of hydrogen-bond donors (Lipinski definition) is 0. The van der Waals surface area contributed by atoms with Crippen molar-refractivity contribution in [1.82, 2.24) is 0 Å². The van der Waals surface area contributed by atoms with Gasteiger partial charge in [0.1, 0.15) is 5.88 Å². The number of rotatable bonds is 2. The van der Waals surface area contributed by atoms with Crippen LogP contribution in [0.25, 0.3) is 0 Å². The Kier molecular flexibility index (Phi) is 3.33. The summed E-state index contributed by atoms with van der Waals surface area (Å²) in [7, 11) is 1.35. The minimum atomic E-state index is -0.366. The third-order valence-electron chi connectivity index (χ3n) is 2.81. The lowest BCUT2D eigenvalue weighted by Crippen LogP contribution is -2.29. The first kappa shape index (κ1) is 11.9. The quantitative estimate of drug-likeness (QED) is 0.594. The van der Waals surface area contributed by atoms with E-state index in [0.29, 0.717) is 12.1 Å². The molecular formula is C12H12ClNO3. The van der Waals surface area contributed by atoms with E-state index in [1.54, 1.807) is 23.1 Å². The van der Waals surface area contributed by atoms with Gasteiger partial charge in [-0.1, -0.05) is 0 Å². The van der Waals surface area contributed by atoms with Gasteiger partial charge in [-0.3, -0.25) is 4.79 Å². The molecule has 0 aromatic heterocycles. The summed E-state index contributed by atoms with van der Waals surface area (Å²) in [5.74, 6) is -0.510. The van der Waals surface area contributed by atoms with E-state index < -0.39 is 0 Å². The minimum Gasteiger partial charge on any atom is -0.465 e. The molecule has 1 aliphatic heterocycles. The van der Waals surface area contributed by atoms with Gasteiger partial charge in [0.25, 0.3) is 0 Å². The van der Waals surface area contributed by atoms with Gasteiger partial charge in [-0.05, 0) is 30.2 Å². The zero-order valence-corrected chi connectivity index (χ0v) is 10.2. The third-order valence-corrected chi connectivity index (χ3v) is 3.04. The van der Waals surface area contributed by atoms with Crippen LogP contribution in [-0.4, -0.2) is 31.4 Å². The van der Waals surface area contributed by atoms with Crippen molar-refractivity contribution in [1.29, 1.82) is 0 Å². The molecule has 0 spiro atoms. The molecule has 1 aromatic rings. The van der Waals surface area contributed by atoms with Crippen molar-refractivity contribution in [2.24, 2.45) is 0 Å². The van der Waals surface area contributed by atoms with E-state index in [2.05, 4.69) is 4.74 Å². The number of halogens is 1. The zero-order chi connectivity index (χ0) is 12.4. The van der Waals surface area contributed by atoms with Crippen LogP contribution in [-0.2, 0) is 16.0 Å². The highest BCUT2D eigenvalue weighted by atomic mass is 35.5.